The van der Waals surface area contributed by atoms with E-state index < -0.39 is 44.5 Å². The summed E-state index contributed by atoms with van der Waals surface area (Å²) < 4.78 is 67.4. The minimum absolute atomic E-state index is 0.178. The molecule has 1 fully saturated rings. The van der Waals surface area contributed by atoms with Crippen molar-refractivity contribution in [2.24, 2.45) is 5.92 Å². The zero-order valence-electron chi connectivity index (χ0n) is 21.3. The molecule has 0 spiro atoms. The van der Waals surface area contributed by atoms with Crippen LogP contribution in [0.15, 0.2) is 36.7 Å². The summed E-state index contributed by atoms with van der Waals surface area (Å²) in [4.78, 5) is 18.5. The van der Waals surface area contributed by atoms with Gasteiger partial charge in [0, 0.05) is 44.5 Å². The average molecular weight is 538 g/mol. The first-order valence-corrected chi connectivity index (χ1v) is 15.9. The van der Waals surface area contributed by atoms with Crippen LogP contribution < -0.4 is 9.64 Å². The van der Waals surface area contributed by atoms with Gasteiger partial charge >= 0.3 is 0 Å². The summed E-state index contributed by atoms with van der Waals surface area (Å²) in [6.07, 6.45) is -1.46. The van der Waals surface area contributed by atoms with Crippen molar-refractivity contribution < 1.29 is 31.8 Å². The summed E-state index contributed by atoms with van der Waals surface area (Å²) >= 11 is 0. The molecule has 0 radical (unpaired) electrons. The van der Waals surface area contributed by atoms with Crippen molar-refractivity contribution in [1.82, 2.24) is 9.55 Å². The zero-order chi connectivity index (χ0) is 26.9. The first-order chi connectivity index (χ1) is 17.5. The minimum Gasteiger partial charge on any atom is -0.493 e. The van der Waals surface area contributed by atoms with E-state index in [1.165, 1.54) is 4.90 Å². The largest absolute Gasteiger partial charge is 0.493 e. The Morgan fingerprint density at radius 2 is 1.78 bits per heavy atom. The summed E-state index contributed by atoms with van der Waals surface area (Å²) in [6.45, 7) is 9.12. The van der Waals surface area contributed by atoms with E-state index in [0.29, 0.717) is 24.5 Å². The fraction of sp³-hybridized carbons (Fsp3) is 0.462. The number of fused-ring (bicyclic) bond motifs is 1. The quantitative estimate of drug-likeness (QED) is 0.123. The molecule has 1 aliphatic rings. The molecule has 0 aliphatic carbocycles. The van der Waals surface area contributed by atoms with E-state index in [2.05, 4.69) is 24.6 Å². The molecule has 2 unspecified atom stereocenters. The van der Waals surface area contributed by atoms with Gasteiger partial charge in [0.05, 0.1) is 35.9 Å². The molecule has 6 nitrogen and oxygen atoms in total. The molecule has 0 N–H and O–H groups in total. The molecule has 1 saturated heterocycles. The highest BCUT2D eigenvalue weighted by Crippen LogP contribution is 2.46. The van der Waals surface area contributed by atoms with Gasteiger partial charge in [-0.05, 0) is 24.2 Å². The molecule has 1 aromatic heterocycles. The maximum Gasteiger partial charge on any atom is 0.241 e. The normalized spacial score (nSPS) is 18.1. The number of carbonyl (C=O) groups is 1. The van der Waals surface area contributed by atoms with Gasteiger partial charge in [-0.25, -0.2) is 22.5 Å². The fourth-order valence-electron chi connectivity index (χ4n) is 4.34. The number of ether oxygens (including phenoxy) is 2. The van der Waals surface area contributed by atoms with Gasteiger partial charge < -0.3 is 18.9 Å². The molecule has 2 atom stereocenters. The van der Waals surface area contributed by atoms with Gasteiger partial charge in [-0.3, -0.25) is 4.79 Å². The Hall–Kier alpha value is -2.92. The van der Waals surface area contributed by atoms with Crippen LogP contribution in [0.25, 0.3) is 11.0 Å². The Labute approximate surface area is 214 Å². The number of carbonyl (C=O) groups excluding carboxylic acids is 1. The maximum atomic E-state index is 15.0. The lowest BCUT2D eigenvalue weighted by Gasteiger charge is -2.46. The van der Waals surface area contributed by atoms with E-state index in [1.807, 2.05) is 4.57 Å². The molecular formula is C26H31F4N3O3Si. The van der Waals surface area contributed by atoms with Gasteiger partial charge in [-0.15, -0.1) is 0 Å². The van der Waals surface area contributed by atoms with Crippen molar-refractivity contribution in [3.8, 4) is 5.75 Å². The molecule has 0 saturated carbocycles. The van der Waals surface area contributed by atoms with Gasteiger partial charge in [0.15, 0.2) is 0 Å². The number of rotatable bonds is 11. The van der Waals surface area contributed by atoms with Crippen LogP contribution in [0, 0.1) is 17.6 Å². The van der Waals surface area contributed by atoms with Crippen LogP contribution >= 0.6 is 0 Å². The van der Waals surface area contributed by atoms with Crippen molar-refractivity contribution in [2.75, 3.05) is 18.1 Å². The topological polar surface area (TPSA) is 56.6 Å². The monoisotopic (exact) mass is 537 g/mol. The number of β-lactam (4-membered cyclic amide) rings is 1. The van der Waals surface area contributed by atoms with Crippen LogP contribution in [-0.4, -0.2) is 43.2 Å². The zero-order valence-corrected chi connectivity index (χ0v) is 22.3. The predicted octanol–water partition coefficient (Wildman–Crippen LogP) is 6.38. The van der Waals surface area contributed by atoms with E-state index in [-0.39, 0.29) is 23.8 Å². The summed E-state index contributed by atoms with van der Waals surface area (Å²) in [7, 11) is -1.19. The SMILES string of the molecule is CC1C(=O)N(c2ccc3c(c2)ncn3COCC[Si](C)(C)C)C1c1c(F)cc(OCCC(F)F)cc1F. The van der Waals surface area contributed by atoms with E-state index in [4.69, 9.17) is 9.47 Å². The highest BCUT2D eigenvalue weighted by molar-refractivity contribution is 6.76. The molecular weight excluding hydrogens is 506 g/mol. The van der Waals surface area contributed by atoms with E-state index >= 15 is 8.78 Å². The molecule has 1 aliphatic heterocycles. The number of amides is 1. The highest BCUT2D eigenvalue weighted by atomic mass is 28.3. The molecule has 37 heavy (non-hydrogen) atoms. The van der Waals surface area contributed by atoms with Crippen molar-refractivity contribution >= 4 is 30.7 Å². The third kappa shape index (κ3) is 5.98. The summed E-state index contributed by atoms with van der Waals surface area (Å²) in [6, 6.07) is 7.34. The van der Waals surface area contributed by atoms with Gasteiger partial charge in [0.25, 0.3) is 0 Å². The van der Waals surface area contributed by atoms with Crippen molar-refractivity contribution in [3.05, 3.63) is 53.9 Å². The van der Waals surface area contributed by atoms with Crippen molar-refractivity contribution in [1.29, 1.82) is 0 Å². The Morgan fingerprint density at radius 3 is 2.43 bits per heavy atom. The second-order valence-corrected chi connectivity index (χ2v) is 16.1. The van der Waals surface area contributed by atoms with E-state index in [9.17, 15) is 13.6 Å². The standard InChI is InChI=1S/C26H31F4N3O3Si/c1-16-25(24-19(27)12-18(13-20(24)28)36-8-7-23(29)30)33(26(16)34)17-5-6-22-21(11-17)31-14-32(22)15-35-9-10-37(2,3)4/h5-6,11-14,16,23,25H,7-10,15H2,1-4H3. The number of alkyl halides is 2. The van der Waals surface area contributed by atoms with Gasteiger partial charge in [-0.2, -0.15) is 0 Å². The van der Waals surface area contributed by atoms with Crippen LogP contribution in [0.5, 0.6) is 5.75 Å². The maximum absolute atomic E-state index is 15.0. The minimum atomic E-state index is -2.57. The van der Waals surface area contributed by atoms with Gasteiger partial charge in [0.1, 0.15) is 24.1 Å². The number of aromatic nitrogens is 2. The number of imidazole rings is 1. The number of hydrogen-bond acceptors (Lipinski definition) is 4. The fourth-order valence-corrected chi connectivity index (χ4v) is 5.10. The van der Waals surface area contributed by atoms with E-state index in [1.54, 1.807) is 31.5 Å². The molecule has 2 aromatic carbocycles. The number of hydrogen-bond donors (Lipinski definition) is 0. The molecule has 2 heterocycles. The number of nitrogens with zero attached hydrogens (tertiary/aromatic N) is 3. The second-order valence-electron chi connectivity index (χ2n) is 10.5. The van der Waals surface area contributed by atoms with Crippen LogP contribution in [0.3, 0.4) is 0 Å². The summed E-state index contributed by atoms with van der Waals surface area (Å²) in [5.41, 5.74) is 1.65. The van der Waals surface area contributed by atoms with Gasteiger partial charge in [-0.1, -0.05) is 26.6 Å². The lowest BCUT2D eigenvalue weighted by molar-refractivity contribution is -0.129. The van der Waals surface area contributed by atoms with Gasteiger partial charge in [0.2, 0.25) is 12.3 Å². The van der Waals surface area contributed by atoms with Crippen molar-refractivity contribution in [2.45, 2.75) is 58.2 Å². The first-order valence-electron chi connectivity index (χ1n) is 12.2. The Bertz CT molecular complexity index is 1250. The third-order valence-electron chi connectivity index (χ3n) is 6.44. The number of halogens is 4. The lowest BCUT2D eigenvalue weighted by atomic mass is 9.82. The molecule has 4 rings (SSSR count). The molecule has 1 amide bonds. The van der Waals surface area contributed by atoms with Crippen LogP contribution in [0.2, 0.25) is 25.7 Å². The highest BCUT2D eigenvalue weighted by Gasteiger charge is 2.48. The molecule has 11 heteroatoms. The van der Waals surface area contributed by atoms with E-state index in [0.717, 1.165) is 23.7 Å². The third-order valence-corrected chi connectivity index (χ3v) is 8.15. The van der Waals surface area contributed by atoms with Crippen LogP contribution in [0.4, 0.5) is 23.2 Å². The second kappa shape index (κ2) is 10.8. The molecule has 3 aromatic rings. The predicted molar refractivity (Wildman–Crippen MR) is 136 cm³/mol. The Kier molecular flexibility index (Phi) is 7.93. The number of benzene rings is 2. The Balaban J connectivity index is 1.52. The summed E-state index contributed by atoms with van der Waals surface area (Å²) in [5, 5.41) is 0. The average Bonchev–Trinajstić information content (AvgIpc) is 3.21. The van der Waals surface area contributed by atoms with Crippen LogP contribution in [-0.2, 0) is 16.3 Å². The molecule has 200 valence electrons. The lowest BCUT2D eigenvalue weighted by Crippen LogP contribution is -2.54. The number of anilines is 1. The smallest absolute Gasteiger partial charge is 0.241 e. The summed E-state index contributed by atoms with van der Waals surface area (Å²) in [5.74, 6) is -2.90. The van der Waals surface area contributed by atoms with Crippen molar-refractivity contribution in [3.63, 3.8) is 0 Å². The Morgan fingerprint density at radius 1 is 1.08 bits per heavy atom. The molecule has 0 bridgehead atoms. The first kappa shape index (κ1) is 27.1. The van der Waals surface area contributed by atoms with Crippen LogP contribution in [0.1, 0.15) is 24.9 Å².